The molecule has 2 aliphatic rings. The summed E-state index contributed by atoms with van der Waals surface area (Å²) in [7, 11) is 0. The van der Waals surface area contributed by atoms with Crippen LogP contribution in [0.3, 0.4) is 0 Å². The van der Waals surface area contributed by atoms with Crippen LogP contribution in [0.5, 0.6) is 0 Å². The molecule has 1 saturated carbocycles. The highest BCUT2D eigenvalue weighted by atomic mass is 19.1. The van der Waals surface area contributed by atoms with Gasteiger partial charge < -0.3 is 10.2 Å². The van der Waals surface area contributed by atoms with E-state index in [9.17, 15) is 4.39 Å². The Kier molecular flexibility index (Phi) is 5.93. The van der Waals surface area contributed by atoms with Gasteiger partial charge in [0.25, 0.3) is 0 Å². The zero-order chi connectivity index (χ0) is 16.1. The van der Waals surface area contributed by atoms with E-state index in [0.717, 1.165) is 31.2 Å². The molecule has 1 saturated heterocycles. The molecule has 1 N–H and O–H groups in total. The van der Waals surface area contributed by atoms with E-state index in [2.05, 4.69) is 17.1 Å². The Hall–Kier alpha value is -1.09. The number of para-hydroxylation sites is 1. The fourth-order valence-electron chi connectivity index (χ4n) is 4.28. The zero-order valence-electron chi connectivity index (χ0n) is 14.4. The van der Waals surface area contributed by atoms with Crippen LogP contribution in [0.15, 0.2) is 24.3 Å². The minimum absolute atomic E-state index is 0.0877. The van der Waals surface area contributed by atoms with Crippen molar-refractivity contribution in [2.45, 2.75) is 57.9 Å². The maximum atomic E-state index is 14.1. The van der Waals surface area contributed by atoms with E-state index in [1.807, 2.05) is 12.1 Å². The van der Waals surface area contributed by atoms with Gasteiger partial charge in [-0.05, 0) is 49.8 Å². The summed E-state index contributed by atoms with van der Waals surface area (Å²) < 4.78 is 14.1. The molecule has 128 valence electrons. The highest BCUT2D eigenvalue weighted by molar-refractivity contribution is 5.48. The van der Waals surface area contributed by atoms with Gasteiger partial charge in [-0.15, -0.1) is 0 Å². The Morgan fingerprint density at radius 1 is 1.09 bits per heavy atom. The van der Waals surface area contributed by atoms with Crippen LogP contribution >= 0.6 is 0 Å². The first kappa shape index (κ1) is 16.8. The summed E-state index contributed by atoms with van der Waals surface area (Å²) in [5.41, 5.74) is 0.773. The van der Waals surface area contributed by atoms with E-state index in [-0.39, 0.29) is 5.82 Å². The lowest BCUT2D eigenvalue weighted by Crippen LogP contribution is -2.50. The third-order valence-electron chi connectivity index (χ3n) is 5.73. The molecule has 0 bridgehead atoms. The summed E-state index contributed by atoms with van der Waals surface area (Å²) in [6.07, 6.45) is 9.38. The molecule has 2 nitrogen and oxygen atoms in total. The topological polar surface area (TPSA) is 15.3 Å². The number of nitrogens with one attached hydrogen (secondary N) is 1. The molecule has 0 aromatic heterocycles. The van der Waals surface area contributed by atoms with Crippen LogP contribution in [0.1, 0.15) is 51.9 Å². The van der Waals surface area contributed by atoms with Crippen molar-refractivity contribution in [2.75, 3.05) is 24.5 Å². The Labute approximate surface area is 140 Å². The predicted molar refractivity (Wildman–Crippen MR) is 95.4 cm³/mol. The average molecular weight is 318 g/mol. The molecule has 2 atom stereocenters. The molecule has 3 heteroatoms. The van der Waals surface area contributed by atoms with Crippen LogP contribution < -0.4 is 10.2 Å². The molecule has 0 spiro atoms. The van der Waals surface area contributed by atoms with Crippen molar-refractivity contribution >= 4 is 5.69 Å². The van der Waals surface area contributed by atoms with Gasteiger partial charge in [-0.1, -0.05) is 44.7 Å². The number of hydrogen-bond acceptors (Lipinski definition) is 2. The first-order valence-electron chi connectivity index (χ1n) is 9.49. The van der Waals surface area contributed by atoms with E-state index in [1.54, 1.807) is 12.1 Å². The molecular weight excluding hydrogens is 287 g/mol. The van der Waals surface area contributed by atoms with Crippen LogP contribution in [-0.2, 0) is 0 Å². The van der Waals surface area contributed by atoms with Crippen LogP contribution in [0.25, 0.3) is 0 Å². The van der Waals surface area contributed by atoms with Crippen LogP contribution in [0.4, 0.5) is 10.1 Å². The van der Waals surface area contributed by atoms with Gasteiger partial charge in [0.05, 0.1) is 5.69 Å². The lowest BCUT2D eigenvalue weighted by Gasteiger charge is -2.40. The summed E-state index contributed by atoms with van der Waals surface area (Å²) in [6, 6.07) is 7.72. The van der Waals surface area contributed by atoms with Crippen molar-refractivity contribution in [1.29, 1.82) is 0 Å². The monoisotopic (exact) mass is 318 g/mol. The molecule has 1 aromatic carbocycles. The van der Waals surface area contributed by atoms with E-state index in [1.165, 1.54) is 44.9 Å². The first-order chi connectivity index (χ1) is 11.3. The summed E-state index contributed by atoms with van der Waals surface area (Å²) >= 11 is 0. The normalized spacial score (nSPS) is 26.4. The molecule has 1 aliphatic heterocycles. The third-order valence-corrected chi connectivity index (χ3v) is 5.73. The smallest absolute Gasteiger partial charge is 0.146 e. The van der Waals surface area contributed by atoms with Gasteiger partial charge in [0.2, 0.25) is 0 Å². The van der Waals surface area contributed by atoms with Gasteiger partial charge in [-0.3, -0.25) is 0 Å². The van der Waals surface area contributed by atoms with Gasteiger partial charge >= 0.3 is 0 Å². The number of halogens is 1. The van der Waals surface area contributed by atoms with Gasteiger partial charge in [-0.2, -0.15) is 0 Å². The molecule has 3 rings (SSSR count). The van der Waals surface area contributed by atoms with Gasteiger partial charge in [-0.25, -0.2) is 4.39 Å². The van der Waals surface area contributed by atoms with E-state index >= 15 is 0 Å². The molecule has 2 fully saturated rings. The highest BCUT2D eigenvalue weighted by Crippen LogP contribution is 2.28. The molecule has 1 heterocycles. The third kappa shape index (κ3) is 4.47. The second kappa shape index (κ2) is 8.14. The zero-order valence-corrected chi connectivity index (χ0v) is 14.4. The van der Waals surface area contributed by atoms with Crippen molar-refractivity contribution in [3.05, 3.63) is 30.1 Å². The van der Waals surface area contributed by atoms with Crippen molar-refractivity contribution in [3.63, 3.8) is 0 Å². The molecule has 0 amide bonds. The number of anilines is 1. The van der Waals surface area contributed by atoms with Crippen LogP contribution in [0.2, 0.25) is 0 Å². The number of piperidine rings is 1. The molecular formula is C20H31FN2. The first-order valence-corrected chi connectivity index (χ1v) is 9.49. The van der Waals surface area contributed by atoms with Crippen molar-refractivity contribution in [3.8, 4) is 0 Å². The fourth-order valence-corrected chi connectivity index (χ4v) is 4.28. The number of rotatable bonds is 5. The Bertz CT molecular complexity index is 484. The maximum Gasteiger partial charge on any atom is 0.146 e. The van der Waals surface area contributed by atoms with Crippen LogP contribution in [-0.4, -0.2) is 25.7 Å². The van der Waals surface area contributed by atoms with E-state index < -0.39 is 0 Å². The average Bonchev–Trinajstić information content (AvgIpc) is 2.61. The van der Waals surface area contributed by atoms with Crippen molar-refractivity contribution in [2.24, 2.45) is 11.8 Å². The second-order valence-electron chi connectivity index (χ2n) is 7.48. The van der Waals surface area contributed by atoms with Gasteiger partial charge in [0.1, 0.15) is 5.82 Å². The molecule has 0 radical (unpaired) electrons. The minimum Gasteiger partial charge on any atom is -0.367 e. The highest BCUT2D eigenvalue weighted by Gasteiger charge is 2.28. The van der Waals surface area contributed by atoms with Crippen molar-refractivity contribution < 1.29 is 4.39 Å². The quantitative estimate of drug-likeness (QED) is 0.853. The molecule has 1 aromatic rings. The summed E-state index contributed by atoms with van der Waals surface area (Å²) in [5.74, 6) is 1.43. The van der Waals surface area contributed by atoms with Gasteiger partial charge in [0.15, 0.2) is 0 Å². The Morgan fingerprint density at radius 2 is 1.87 bits per heavy atom. The Morgan fingerprint density at radius 3 is 2.61 bits per heavy atom. The second-order valence-corrected chi connectivity index (χ2v) is 7.48. The van der Waals surface area contributed by atoms with Crippen LogP contribution in [0, 0.1) is 17.7 Å². The maximum absolute atomic E-state index is 14.1. The molecule has 2 unspecified atom stereocenters. The lowest BCUT2D eigenvalue weighted by molar-refractivity contribution is 0.284. The van der Waals surface area contributed by atoms with Crippen molar-refractivity contribution in [1.82, 2.24) is 5.32 Å². The molecule has 1 aliphatic carbocycles. The number of benzene rings is 1. The number of nitrogens with zero attached hydrogens (tertiary/aromatic N) is 1. The lowest BCUT2D eigenvalue weighted by atomic mass is 9.88. The number of hydrogen-bond donors (Lipinski definition) is 1. The predicted octanol–water partition coefficient (Wildman–Crippen LogP) is 4.60. The summed E-state index contributed by atoms with van der Waals surface area (Å²) in [4.78, 5) is 2.26. The van der Waals surface area contributed by atoms with E-state index in [4.69, 9.17) is 0 Å². The SMILES string of the molecule is CCC1CC(NCC2CCCCC2)CN(c2ccccc2F)C1. The fraction of sp³-hybridized carbons (Fsp3) is 0.700. The minimum atomic E-state index is -0.0877. The molecule has 23 heavy (non-hydrogen) atoms. The standard InChI is InChI=1S/C20H31FN2/c1-2-16-12-18(22-13-17-8-4-3-5-9-17)15-23(14-16)20-11-7-6-10-19(20)21/h6-7,10-11,16-18,22H,2-5,8-9,12-15H2,1H3. The van der Waals surface area contributed by atoms with E-state index in [0.29, 0.717) is 12.0 Å². The largest absolute Gasteiger partial charge is 0.367 e. The summed E-state index contributed by atoms with van der Waals surface area (Å²) in [5, 5.41) is 3.81. The Balaban J connectivity index is 1.60. The van der Waals surface area contributed by atoms with Gasteiger partial charge in [0, 0.05) is 19.1 Å². The summed E-state index contributed by atoms with van der Waals surface area (Å²) in [6.45, 7) is 5.32.